The molecule has 0 amide bonds. The predicted octanol–water partition coefficient (Wildman–Crippen LogP) is 4.35. The van der Waals surface area contributed by atoms with Crippen LogP contribution in [0.1, 0.15) is 32.2 Å². The van der Waals surface area contributed by atoms with Crippen LogP contribution in [0.3, 0.4) is 0 Å². The summed E-state index contributed by atoms with van der Waals surface area (Å²) in [7, 11) is 3.31. The van der Waals surface area contributed by atoms with Crippen LogP contribution in [-0.4, -0.2) is 28.0 Å². The summed E-state index contributed by atoms with van der Waals surface area (Å²) in [4.78, 5) is 13.6. The van der Waals surface area contributed by atoms with Gasteiger partial charge in [0.25, 0.3) is 0 Å². The molecule has 0 saturated heterocycles. The van der Waals surface area contributed by atoms with E-state index in [0.29, 0.717) is 22.2 Å². The van der Waals surface area contributed by atoms with E-state index in [9.17, 15) is 4.79 Å². The third kappa shape index (κ3) is 4.33. The van der Waals surface area contributed by atoms with E-state index in [0.717, 1.165) is 33.0 Å². The minimum atomic E-state index is -0.391. The van der Waals surface area contributed by atoms with Crippen LogP contribution in [0.2, 0.25) is 0 Å². The van der Waals surface area contributed by atoms with Gasteiger partial charge in [-0.1, -0.05) is 30.3 Å². The van der Waals surface area contributed by atoms with Gasteiger partial charge in [0.05, 0.1) is 12.8 Å². The van der Waals surface area contributed by atoms with E-state index in [2.05, 4.69) is 15.7 Å². The van der Waals surface area contributed by atoms with Crippen molar-refractivity contribution >= 4 is 39.6 Å². The van der Waals surface area contributed by atoms with Crippen LogP contribution in [0, 0.1) is 20.8 Å². The van der Waals surface area contributed by atoms with Crippen LogP contribution in [0.5, 0.6) is 0 Å². The summed E-state index contributed by atoms with van der Waals surface area (Å²) in [5.74, 6) is -0.391. The average molecular weight is 429 g/mol. The van der Waals surface area contributed by atoms with Crippen molar-refractivity contribution in [1.82, 2.24) is 15.1 Å². The highest BCUT2D eigenvalue weighted by Gasteiger charge is 2.24. The van der Waals surface area contributed by atoms with Crippen molar-refractivity contribution in [2.75, 3.05) is 12.4 Å². The maximum Gasteiger partial charge on any atom is 0.341 e. The van der Waals surface area contributed by atoms with Gasteiger partial charge in [0.1, 0.15) is 10.6 Å². The minimum Gasteiger partial charge on any atom is -0.465 e. The van der Waals surface area contributed by atoms with Crippen molar-refractivity contribution in [3.8, 4) is 11.1 Å². The molecule has 0 saturated carbocycles. The molecule has 2 N–H and O–H groups in total. The molecule has 152 valence electrons. The second kappa shape index (κ2) is 8.75. The van der Waals surface area contributed by atoms with E-state index in [1.54, 1.807) is 0 Å². The SMILES string of the molecule is COC(=O)c1c(NC(=S)NCc2c(C)nn(C)c2C)sc(C)c1-c1ccccc1. The third-order valence-electron chi connectivity index (χ3n) is 4.85. The van der Waals surface area contributed by atoms with Crippen LogP contribution in [0.4, 0.5) is 5.00 Å². The van der Waals surface area contributed by atoms with Crippen LogP contribution >= 0.6 is 23.6 Å². The van der Waals surface area contributed by atoms with Gasteiger partial charge < -0.3 is 15.4 Å². The standard InChI is InChI=1S/C21H24N4O2S2/c1-12-16(13(2)25(4)24-12)11-22-21(28)23-19-18(20(26)27-5)17(14(3)29-19)15-9-7-6-8-10-15/h6-10H,11H2,1-5H3,(H2,22,23,28). The van der Waals surface area contributed by atoms with E-state index in [1.165, 1.54) is 18.4 Å². The van der Waals surface area contributed by atoms with Crippen LogP contribution < -0.4 is 10.6 Å². The molecule has 29 heavy (non-hydrogen) atoms. The van der Waals surface area contributed by atoms with E-state index in [4.69, 9.17) is 17.0 Å². The van der Waals surface area contributed by atoms with Gasteiger partial charge in [-0.25, -0.2) is 4.79 Å². The Hall–Kier alpha value is -2.71. The molecule has 0 spiro atoms. The molecule has 0 aliphatic rings. The number of anilines is 1. The van der Waals surface area contributed by atoms with Gasteiger partial charge in [0, 0.05) is 35.3 Å². The zero-order valence-corrected chi connectivity index (χ0v) is 18.8. The number of rotatable bonds is 5. The Balaban J connectivity index is 1.85. The van der Waals surface area contributed by atoms with Crippen LogP contribution in [0.25, 0.3) is 11.1 Å². The number of thiophene rings is 1. The second-order valence-electron chi connectivity index (χ2n) is 6.68. The molecule has 3 aromatic rings. The monoisotopic (exact) mass is 428 g/mol. The summed E-state index contributed by atoms with van der Waals surface area (Å²) in [6.45, 7) is 6.55. The molecule has 0 aliphatic carbocycles. The number of thiocarbonyl (C=S) groups is 1. The first-order chi connectivity index (χ1) is 13.8. The van der Waals surface area contributed by atoms with Gasteiger partial charge in [-0.05, 0) is 38.6 Å². The molecule has 1 aromatic carbocycles. The second-order valence-corrected chi connectivity index (χ2v) is 8.31. The Morgan fingerprint density at radius 2 is 1.93 bits per heavy atom. The highest BCUT2D eigenvalue weighted by Crippen LogP contribution is 2.40. The van der Waals surface area contributed by atoms with Crippen molar-refractivity contribution in [1.29, 1.82) is 0 Å². The highest BCUT2D eigenvalue weighted by molar-refractivity contribution is 7.80. The number of ether oxygens (including phenoxy) is 1. The molecule has 0 unspecified atom stereocenters. The van der Waals surface area contributed by atoms with E-state index < -0.39 is 5.97 Å². The molecular formula is C21H24N4O2S2. The molecule has 8 heteroatoms. The third-order valence-corrected chi connectivity index (χ3v) is 6.11. The number of aromatic nitrogens is 2. The van der Waals surface area contributed by atoms with Crippen molar-refractivity contribution in [2.24, 2.45) is 7.05 Å². The lowest BCUT2D eigenvalue weighted by molar-refractivity contribution is 0.0603. The first-order valence-corrected chi connectivity index (χ1v) is 10.4. The van der Waals surface area contributed by atoms with Crippen molar-refractivity contribution in [2.45, 2.75) is 27.3 Å². The summed E-state index contributed by atoms with van der Waals surface area (Å²) >= 11 is 6.97. The summed E-state index contributed by atoms with van der Waals surface area (Å²) in [5.41, 5.74) is 5.50. The van der Waals surface area contributed by atoms with Crippen molar-refractivity contribution in [3.63, 3.8) is 0 Å². The summed E-state index contributed by atoms with van der Waals surface area (Å²) in [5, 5.41) is 11.9. The lowest BCUT2D eigenvalue weighted by Crippen LogP contribution is -2.28. The van der Waals surface area contributed by atoms with Crippen molar-refractivity contribution < 1.29 is 9.53 Å². The minimum absolute atomic E-state index is 0.391. The van der Waals surface area contributed by atoms with Crippen LogP contribution in [0.15, 0.2) is 30.3 Å². The summed E-state index contributed by atoms with van der Waals surface area (Å²) < 4.78 is 6.90. The number of hydrogen-bond donors (Lipinski definition) is 2. The van der Waals surface area contributed by atoms with Crippen molar-refractivity contribution in [3.05, 3.63) is 57.7 Å². The number of nitrogens with one attached hydrogen (secondary N) is 2. The fraction of sp³-hybridized carbons (Fsp3) is 0.286. The zero-order valence-electron chi connectivity index (χ0n) is 17.1. The van der Waals surface area contributed by atoms with E-state index >= 15 is 0 Å². The van der Waals surface area contributed by atoms with Crippen LogP contribution in [-0.2, 0) is 18.3 Å². The molecule has 0 aliphatic heterocycles. The number of benzene rings is 1. The number of carbonyl (C=O) groups excluding carboxylic acids is 1. The van der Waals surface area contributed by atoms with Gasteiger partial charge >= 0.3 is 5.97 Å². The Bertz CT molecular complexity index is 1050. The smallest absolute Gasteiger partial charge is 0.341 e. The molecule has 0 atom stereocenters. The first-order valence-electron chi connectivity index (χ1n) is 9.14. The fourth-order valence-electron chi connectivity index (χ4n) is 3.27. The molecule has 0 bridgehead atoms. The van der Waals surface area contributed by atoms with Gasteiger partial charge in [-0.15, -0.1) is 11.3 Å². The fourth-order valence-corrected chi connectivity index (χ4v) is 4.58. The normalized spacial score (nSPS) is 10.7. The number of nitrogens with zero attached hydrogens (tertiary/aromatic N) is 2. The largest absolute Gasteiger partial charge is 0.465 e. The topological polar surface area (TPSA) is 68.2 Å². The van der Waals surface area contributed by atoms with Gasteiger partial charge in [-0.3, -0.25) is 4.68 Å². The number of carbonyl (C=O) groups is 1. The van der Waals surface area contributed by atoms with E-state index in [-0.39, 0.29) is 0 Å². The molecular weight excluding hydrogens is 404 g/mol. The molecule has 0 fully saturated rings. The maximum absolute atomic E-state index is 12.6. The lowest BCUT2D eigenvalue weighted by Gasteiger charge is -2.11. The molecule has 2 aromatic heterocycles. The summed E-state index contributed by atoms with van der Waals surface area (Å²) in [6.07, 6.45) is 0. The lowest BCUT2D eigenvalue weighted by atomic mass is 10.0. The van der Waals surface area contributed by atoms with Gasteiger partial charge in [-0.2, -0.15) is 5.10 Å². The summed E-state index contributed by atoms with van der Waals surface area (Å²) in [6, 6.07) is 9.81. The predicted molar refractivity (Wildman–Crippen MR) is 122 cm³/mol. The quantitative estimate of drug-likeness (QED) is 0.465. The maximum atomic E-state index is 12.6. The molecule has 0 radical (unpaired) electrons. The Labute approximate surface area is 179 Å². The molecule has 2 heterocycles. The number of esters is 1. The zero-order chi connectivity index (χ0) is 21.1. The number of hydrogen-bond acceptors (Lipinski definition) is 5. The van der Waals surface area contributed by atoms with Gasteiger partial charge in [0.15, 0.2) is 5.11 Å². The Morgan fingerprint density at radius 1 is 1.24 bits per heavy atom. The Morgan fingerprint density at radius 3 is 2.52 bits per heavy atom. The average Bonchev–Trinajstić information content (AvgIpc) is 3.15. The number of methoxy groups -OCH3 is 1. The highest BCUT2D eigenvalue weighted by atomic mass is 32.1. The number of aryl methyl sites for hydroxylation is 3. The molecule has 3 rings (SSSR count). The van der Waals surface area contributed by atoms with E-state index in [1.807, 2.05) is 62.8 Å². The first kappa shape index (κ1) is 21.0. The van der Waals surface area contributed by atoms with Gasteiger partial charge in [0.2, 0.25) is 0 Å². The Kier molecular flexibility index (Phi) is 6.34. The molecule has 6 nitrogen and oxygen atoms in total.